The van der Waals surface area contributed by atoms with Crippen molar-refractivity contribution in [1.82, 2.24) is 9.88 Å². The molecule has 0 radical (unpaired) electrons. The van der Waals surface area contributed by atoms with Crippen molar-refractivity contribution in [2.45, 2.75) is 6.92 Å². The third kappa shape index (κ3) is 3.93. The molecule has 0 saturated carbocycles. The van der Waals surface area contributed by atoms with E-state index in [-0.39, 0.29) is 6.03 Å². The van der Waals surface area contributed by atoms with Crippen molar-refractivity contribution in [1.29, 1.82) is 0 Å². The number of carbonyl (C=O) groups is 1. The van der Waals surface area contributed by atoms with Crippen LogP contribution in [0.5, 0.6) is 11.5 Å². The summed E-state index contributed by atoms with van der Waals surface area (Å²) in [7, 11) is 3.14. The van der Waals surface area contributed by atoms with Gasteiger partial charge in [0, 0.05) is 26.2 Å². The summed E-state index contributed by atoms with van der Waals surface area (Å²) >= 11 is 1.70. The van der Waals surface area contributed by atoms with Crippen molar-refractivity contribution in [3.8, 4) is 11.5 Å². The number of nitrogens with one attached hydrogen (secondary N) is 1. The Balaban J connectivity index is 1.41. The van der Waals surface area contributed by atoms with E-state index >= 15 is 0 Å². The number of amides is 2. The van der Waals surface area contributed by atoms with Gasteiger partial charge in [0.2, 0.25) is 0 Å². The van der Waals surface area contributed by atoms with Gasteiger partial charge in [0.25, 0.3) is 0 Å². The van der Waals surface area contributed by atoms with Crippen LogP contribution >= 0.6 is 11.3 Å². The van der Waals surface area contributed by atoms with Gasteiger partial charge < -0.3 is 24.6 Å². The first kappa shape index (κ1) is 19.3. The number of aromatic nitrogens is 1. The molecule has 1 fully saturated rings. The fourth-order valence-electron chi connectivity index (χ4n) is 3.44. The molecule has 2 aromatic carbocycles. The van der Waals surface area contributed by atoms with Gasteiger partial charge in [-0.05, 0) is 36.8 Å². The molecule has 0 bridgehead atoms. The molecule has 2 heterocycles. The lowest BCUT2D eigenvalue weighted by Crippen LogP contribution is -2.50. The Morgan fingerprint density at radius 1 is 1.10 bits per heavy atom. The number of fused-ring (bicyclic) bond motifs is 1. The highest BCUT2D eigenvalue weighted by Crippen LogP contribution is 2.35. The van der Waals surface area contributed by atoms with Gasteiger partial charge in [-0.1, -0.05) is 23.5 Å². The van der Waals surface area contributed by atoms with Gasteiger partial charge in [-0.15, -0.1) is 0 Å². The lowest BCUT2D eigenvalue weighted by atomic mass is 10.2. The zero-order valence-electron chi connectivity index (χ0n) is 16.8. The number of piperazine rings is 1. The van der Waals surface area contributed by atoms with Crippen molar-refractivity contribution in [3.05, 3.63) is 42.0 Å². The second-order valence-electron chi connectivity index (χ2n) is 6.91. The minimum Gasteiger partial charge on any atom is -0.493 e. The van der Waals surface area contributed by atoms with E-state index in [1.54, 1.807) is 37.7 Å². The van der Waals surface area contributed by atoms with E-state index in [1.165, 1.54) is 10.3 Å². The summed E-state index contributed by atoms with van der Waals surface area (Å²) in [6.07, 6.45) is 0. The topological polar surface area (TPSA) is 66.9 Å². The molecule has 0 unspecified atom stereocenters. The van der Waals surface area contributed by atoms with Crippen LogP contribution in [0.3, 0.4) is 0 Å². The Bertz CT molecular complexity index is 1030. The molecule has 4 rings (SSSR count). The van der Waals surface area contributed by atoms with E-state index in [1.807, 2.05) is 11.0 Å². The third-order valence-corrected chi connectivity index (χ3v) is 6.09. The fraction of sp³-hybridized carbons (Fsp3) is 0.333. The van der Waals surface area contributed by atoms with Crippen molar-refractivity contribution in [3.63, 3.8) is 0 Å². The van der Waals surface area contributed by atoms with E-state index in [9.17, 15) is 4.79 Å². The molecule has 0 aliphatic carbocycles. The van der Waals surface area contributed by atoms with Gasteiger partial charge in [-0.25, -0.2) is 9.78 Å². The molecule has 0 atom stereocenters. The van der Waals surface area contributed by atoms with Gasteiger partial charge in [-0.2, -0.15) is 0 Å². The Hall–Kier alpha value is -3.00. The highest BCUT2D eigenvalue weighted by atomic mass is 32.1. The van der Waals surface area contributed by atoms with Crippen molar-refractivity contribution in [2.24, 2.45) is 0 Å². The number of rotatable bonds is 4. The van der Waals surface area contributed by atoms with Crippen LogP contribution in [-0.2, 0) is 0 Å². The van der Waals surface area contributed by atoms with Crippen LogP contribution in [0.15, 0.2) is 36.4 Å². The normalized spacial score (nSPS) is 14.2. The number of benzene rings is 2. The summed E-state index contributed by atoms with van der Waals surface area (Å²) in [5, 5.41) is 3.95. The first-order valence-corrected chi connectivity index (χ1v) is 10.3. The van der Waals surface area contributed by atoms with Crippen molar-refractivity contribution >= 4 is 38.4 Å². The number of methoxy groups -OCH3 is 2. The summed E-state index contributed by atoms with van der Waals surface area (Å²) in [6, 6.07) is 11.6. The van der Waals surface area contributed by atoms with Gasteiger partial charge in [0.15, 0.2) is 16.6 Å². The highest BCUT2D eigenvalue weighted by molar-refractivity contribution is 7.22. The standard InChI is InChI=1S/C21H24N4O3S/c1-14-7-8-15-18(13-14)29-21(23-15)25-11-9-24(10-12-25)20(26)22-16-5-4-6-17(27-2)19(16)28-3/h4-8,13H,9-12H2,1-3H3,(H,22,26). The lowest BCUT2D eigenvalue weighted by molar-refractivity contribution is 0.208. The number of aryl methyl sites for hydroxylation is 1. The minimum absolute atomic E-state index is 0.142. The molecule has 0 spiro atoms. The van der Waals surface area contributed by atoms with Crippen molar-refractivity contribution < 1.29 is 14.3 Å². The molecule has 152 valence electrons. The molecule has 1 aliphatic rings. The number of para-hydroxylation sites is 1. The summed E-state index contributed by atoms with van der Waals surface area (Å²) < 4.78 is 11.9. The predicted molar refractivity (Wildman–Crippen MR) is 117 cm³/mol. The van der Waals surface area contributed by atoms with E-state index in [0.29, 0.717) is 30.3 Å². The van der Waals surface area contributed by atoms with Crippen LogP contribution in [0.25, 0.3) is 10.2 Å². The van der Waals surface area contributed by atoms with E-state index in [2.05, 4.69) is 35.3 Å². The molecule has 1 saturated heterocycles. The molecule has 3 aromatic rings. The largest absolute Gasteiger partial charge is 0.493 e. The Kier molecular flexibility index (Phi) is 5.44. The minimum atomic E-state index is -0.142. The maximum atomic E-state index is 12.7. The zero-order chi connectivity index (χ0) is 20.4. The quantitative estimate of drug-likeness (QED) is 0.702. The van der Waals surface area contributed by atoms with Crippen molar-refractivity contribution in [2.75, 3.05) is 50.6 Å². The third-order valence-electron chi connectivity index (χ3n) is 5.01. The fourth-order valence-corrected chi connectivity index (χ4v) is 4.55. The zero-order valence-corrected chi connectivity index (χ0v) is 17.6. The molecule has 7 nitrogen and oxygen atoms in total. The number of hydrogen-bond acceptors (Lipinski definition) is 6. The summed E-state index contributed by atoms with van der Waals surface area (Å²) in [5.74, 6) is 1.10. The Morgan fingerprint density at radius 3 is 2.62 bits per heavy atom. The number of hydrogen-bond donors (Lipinski definition) is 1. The van der Waals surface area contributed by atoms with Crippen LogP contribution in [0, 0.1) is 6.92 Å². The summed E-state index contributed by atoms with van der Waals surface area (Å²) in [6.45, 7) is 4.86. The molecular weight excluding hydrogens is 388 g/mol. The van der Waals surface area contributed by atoms with Crippen LogP contribution in [0.2, 0.25) is 0 Å². The van der Waals surface area contributed by atoms with E-state index in [4.69, 9.17) is 14.5 Å². The second kappa shape index (κ2) is 8.16. The average molecular weight is 413 g/mol. The molecule has 1 aliphatic heterocycles. The smallest absolute Gasteiger partial charge is 0.322 e. The number of carbonyl (C=O) groups excluding carboxylic acids is 1. The highest BCUT2D eigenvalue weighted by Gasteiger charge is 2.24. The van der Waals surface area contributed by atoms with E-state index in [0.717, 1.165) is 23.7 Å². The number of anilines is 2. The Morgan fingerprint density at radius 2 is 1.90 bits per heavy atom. The SMILES string of the molecule is COc1cccc(NC(=O)N2CCN(c3nc4ccc(C)cc4s3)CC2)c1OC. The maximum absolute atomic E-state index is 12.7. The monoisotopic (exact) mass is 412 g/mol. The van der Waals surface area contributed by atoms with Gasteiger partial charge >= 0.3 is 6.03 Å². The molecule has 1 aromatic heterocycles. The summed E-state index contributed by atoms with van der Waals surface area (Å²) in [5.41, 5.74) is 2.86. The van der Waals surface area contributed by atoms with Gasteiger partial charge in [0.1, 0.15) is 0 Å². The number of thiazole rings is 1. The van der Waals surface area contributed by atoms with Gasteiger partial charge in [-0.3, -0.25) is 0 Å². The second-order valence-corrected chi connectivity index (χ2v) is 7.92. The van der Waals surface area contributed by atoms with Crippen LogP contribution in [-0.4, -0.2) is 56.3 Å². The molecular formula is C21H24N4O3S. The van der Waals surface area contributed by atoms with Gasteiger partial charge in [0.05, 0.1) is 30.1 Å². The average Bonchev–Trinajstić information content (AvgIpc) is 3.16. The molecule has 29 heavy (non-hydrogen) atoms. The Labute approximate surface area is 173 Å². The lowest BCUT2D eigenvalue weighted by Gasteiger charge is -2.34. The van der Waals surface area contributed by atoms with Crippen LogP contribution in [0.4, 0.5) is 15.6 Å². The predicted octanol–water partition coefficient (Wildman–Crippen LogP) is 3.98. The molecule has 1 N–H and O–H groups in total. The number of nitrogens with zero attached hydrogens (tertiary/aromatic N) is 3. The molecule has 2 amide bonds. The van der Waals surface area contributed by atoms with Crippen LogP contribution < -0.4 is 19.7 Å². The number of urea groups is 1. The first-order chi connectivity index (χ1) is 14.1. The summed E-state index contributed by atoms with van der Waals surface area (Å²) in [4.78, 5) is 21.6. The molecule has 8 heteroatoms. The van der Waals surface area contributed by atoms with E-state index < -0.39 is 0 Å². The van der Waals surface area contributed by atoms with Crippen LogP contribution in [0.1, 0.15) is 5.56 Å². The first-order valence-electron chi connectivity index (χ1n) is 9.48. The number of ether oxygens (including phenoxy) is 2. The maximum Gasteiger partial charge on any atom is 0.322 e.